The molecule has 4 nitrogen and oxygen atoms in total. The average molecular weight is 653 g/mol. The van der Waals surface area contributed by atoms with Crippen molar-refractivity contribution in [2.45, 2.75) is 0 Å². The molecule has 0 aliphatic rings. The molecule has 0 bridgehead atoms. The fraction of sp³-hybridized carbons (Fsp3) is 0. The molecule has 51 heavy (non-hydrogen) atoms. The topological polar surface area (TPSA) is 43.6 Å². The van der Waals surface area contributed by atoms with E-state index in [1.807, 2.05) is 60.7 Å². The van der Waals surface area contributed by atoms with Crippen LogP contribution < -0.4 is 0 Å². The zero-order valence-electron chi connectivity index (χ0n) is 27.8. The highest BCUT2D eigenvalue weighted by Crippen LogP contribution is 2.36. The third kappa shape index (κ3) is 6.00. The van der Waals surface area contributed by atoms with Crippen molar-refractivity contribution in [3.8, 4) is 73.2 Å². The zero-order valence-corrected chi connectivity index (χ0v) is 27.8. The van der Waals surface area contributed by atoms with E-state index in [4.69, 9.17) is 15.0 Å². The number of rotatable bonds is 7. The highest BCUT2D eigenvalue weighted by Gasteiger charge is 2.15. The highest BCUT2D eigenvalue weighted by atomic mass is 15.0. The van der Waals surface area contributed by atoms with Crippen molar-refractivity contribution in [2.75, 3.05) is 0 Å². The number of nitrogens with zero attached hydrogens (tertiary/aromatic N) is 4. The molecule has 0 saturated heterocycles. The number of aromatic nitrogens is 4. The monoisotopic (exact) mass is 652 g/mol. The largest absolute Gasteiger partial charge is 0.316 e. The molecular formula is C47H32N4. The van der Waals surface area contributed by atoms with Crippen LogP contribution in [0, 0.1) is 0 Å². The van der Waals surface area contributed by atoms with Gasteiger partial charge in [0.05, 0.1) is 5.52 Å². The van der Waals surface area contributed by atoms with Crippen LogP contribution in [-0.2, 0) is 0 Å². The quantitative estimate of drug-likeness (QED) is 0.172. The van der Waals surface area contributed by atoms with Crippen molar-refractivity contribution in [1.82, 2.24) is 19.5 Å². The maximum Gasteiger partial charge on any atom is 0.164 e. The number of para-hydroxylation sites is 2. The average Bonchev–Trinajstić information content (AvgIpc) is 3.62. The van der Waals surface area contributed by atoms with Gasteiger partial charge in [0.2, 0.25) is 0 Å². The van der Waals surface area contributed by atoms with Gasteiger partial charge in [-0.3, -0.25) is 0 Å². The number of fused-ring (bicyclic) bond motifs is 1. The lowest BCUT2D eigenvalue weighted by atomic mass is 9.95. The van der Waals surface area contributed by atoms with E-state index in [1.54, 1.807) is 0 Å². The summed E-state index contributed by atoms with van der Waals surface area (Å²) in [5, 5.41) is 1.23. The molecule has 9 rings (SSSR count). The molecule has 0 radical (unpaired) electrons. The Kier molecular flexibility index (Phi) is 7.80. The van der Waals surface area contributed by atoms with Crippen LogP contribution in [0.3, 0.4) is 0 Å². The van der Waals surface area contributed by atoms with Gasteiger partial charge < -0.3 is 4.57 Å². The summed E-state index contributed by atoms with van der Waals surface area (Å²) in [6, 6.07) is 65.4. The maximum absolute atomic E-state index is 4.96. The maximum atomic E-state index is 4.96. The fourth-order valence-corrected chi connectivity index (χ4v) is 6.73. The van der Waals surface area contributed by atoms with Crippen molar-refractivity contribution in [3.63, 3.8) is 0 Å². The molecule has 2 aromatic heterocycles. The summed E-state index contributed by atoms with van der Waals surface area (Å²) in [5.41, 5.74) is 12.1. The number of benzene rings is 7. The Morgan fingerprint density at radius 1 is 0.314 bits per heavy atom. The Labute approximate surface area is 297 Å². The Morgan fingerprint density at radius 3 is 1.27 bits per heavy atom. The van der Waals surface area contributed by atoms with Crippen LogP contribution in [0.1, 0.15) is 0 Å². The van der Waals surface area contributed by atoms with Gasteiger partial charge in [-0.05, 0) is 64.2 Å². The fourth-order valence-electron chi connectivity index (χ4n) is 6.73. The molecule has 0 unspecified atom stereocenters. The van der Waals surface area contributed by atoms with Crippen LogP contribution in [0.25, 0.3) is 84.1 Å². The molecule has 0 amide bonds. The van der Waals surface area contributed by atoms with Crippen LogP contribution in [0.2, 0.25) is 0 Å². The highest BCUT2D eigenvalue weighted by molar-refractivity contribution is 5.98. The second kappa shape index (κ2) is 13.2. The van der Waals surface area contributed by atoms with E-state index < -0.39 is 0 Å². The van der Waals surface area contributed by atoms with Crippen molar-refractivity contribution in [3.05, 3.63) is 194 Å². The summed E-state index contributed by atoms with van der Waals surface area (Å²) in [5.74, 6) is 1.94. The summed E-state index contributed by atoms with van der Waals surface area (Å²) in [6.07, 6.45) is 2.26. The van der Waals surface area contributed by atoms with Crippen molar-refractivity contribution in [2.24, 2.45) is 0 Å². The molecule has 240 valence electrons. The molecule has 9 aromatic rings. The first kappa shape index (κ1) is 30.2. The molecule has 0 spiro atoms. The van der Waals surface area contributed by atoms with Gasteiger partial charge in [-0.1, -0.05) is 152 Å². The Bertz CT molecular complexity index is 2570. The second-order valence-corrected chi connectivity index (χ2v) is 12.5. The molecule has 0 atom stereocenters. The first-order valence-electron chi connectivity index (χ1n) is 17.1. The lowest BCUT2D eigenvalue weighted by molar-refractivity contribution is 1.07. The summed E-state index contributed by atoms with van der Waals surface area (Å²) in [7, 11) is 0. The van der Waals surface area contributed by atoms with E-state index in [0.29, 0.717) is 17.5 Å². The van der Waals surface area contributed by atoms with Crippen LogP contribution in [-0.4, -0.2) is 19.5 Å². The van der Waals surface area contributed by atoms with E-state index in [2.05, 4.69) is 138 Å². The molecule has 0 saturated carbocycles. The Hall–Kier alpha value is -6.91. The van der Waals surface area contributed by atoms with Crippen LogP contribution in [0.4, 0.5) is 0 Å². The third-order valence-electron chi connectivity index (χ3n) is 9.27. The minimum absolute atomic E-state index is 0.642. The van der Waals surface area contributed by atoms with Crippen LogP contribution >= 0.6 is 0 Å². The second-order valence-electron chi connectivity index (χ2n) is 12.5. The summed E-state index contributed by atoms with van der Waals surface area (Å²) >= 11 is 0. The van der Waals surface area contributed by atoms with Gasteiger partial charge in [0.15, 0.2) is 17.5 Å². The molecule has 2 heterocycles. The molecule has 0 aliphatic carbocycles. The van der Waals surface area contributed by atoms with Crippen molar-refractivity contribution < 1.29 is 0 Å². The smallest absolute Gasteiger partial charge is 0.164 e. The Morgan fingerprint density at radius 2 is 0.706 bits per heavy atom. The SMILES string of the molecule is c1ccc(-c2nc(-c3ccccc3)nc(-c3cccc(-c4cccc(-c5cccc(-c6cn(-c7ccccc7)c7ccccc67)c5)c4)c3)n2)cc1. The van der Waals surface area contributed by atoms with Gasteiger partial charge in [-0.15, -0.1) is 0 Å². The van der Waals surface area contributed by atoms with Gasteiger partial charge in [-0.2, -0.15) is 0 Å². The lowest BCUT2D eigenvalue weighted by Crippen LogP contribution is -2.00. The van der Waals surface area contributed by atoms with E-state index in [0.717, 1.165) is 39.1 Å². The van der Waals surface area contributed by atoms with Gasteiger partial charge in [0.1, 0.15) is 0 Å². The normalized spacial score (nSPS) is 11.1. The van der Waals surface area contributed by atoms with E-state index in [1.165, 1.54) is 27.6 Å². The Balaban J connectivity index is 1.08. The molecule has 7 aromatic carbocycles. The number of hydrogen-bond donors (Lipinski definition) is 0. The van der Waals surface area contributed by atoms with Gasteiger partial charge in [-0.25, -0.2) is 15.0 Å². The predicted octanol–water partition coefficient (Wildman–Crippen LogP) is 11.8. The van der Waals surface area contributed by atoms with Gasteiger partial charge in [0, 0.05) is 39.5 Å². The van der Waals surface area contributed by atoms with Crippen molar-refractivity contribution in [1.29, 1.82) is 0 Å². The van der Waals surface area contributed by atoms with E-state index >= 15 is 0 Å². The zero-order chi connectivity index (χ0) is 34.0. The number of hydrogen-bond acceptors (Lipinski definition) is 3. The molecule has 0 N–H and O–H groups in total. The predicted molar refractivity (Wildman–Crippen MR) is 209 cm³/mol. The van der Waals surface area contributed by atoms with E-state index in [9.17, 15) is 0 Å². The minimum atomic E-state index is 0.642. The third-order valence-corrected chi connectivity index (χ3v) is 9.27. The van der Waals surface area contributed by atoms with Crippen molar-refractivity contribution >= 4 is 10.9 Å². The lowest BCUT2D eigenvalue weighted by Gasteiger charge is -2.11. The molecule has 0 fully saturated rings. The summed E-state index contributed by atoms with van der Waals surface area (Å²) in [6.45, 7) is 0. The minimum Gasteiger partial charge on any atom is -0.316 e. The first-order chi connectivity index (χ1) is 25.3. The molecule has 4 heteroatoms. The molecule has 0 aliphatic heterocycles. The van der Waals surface area contributed by atoms with Crippen LogP contribution in [0.5, 0.6) is 0 Å². The van der Waals surface area contributed by atoms with E-state index in [-0.39, 0.29) is 0 Å². The first-order valence-corrected chi connectivity index (χ1v) is 17.1. The molecular weight excluding hydrogens is 621 g/mol. The van der Waals surface area contributed by atoms with Gasteiger partial charge in [0.25, 0.3) is 0 Å². The summed E-state index contributed by atoms with van der Waals surface area (Å²) in [4.78, 5) is 14.8. The standard InChI is InChI=1S/C47H32N4/c1-4-15-33(16-5-1)45-48-46(34-17-6-2-7-18-34)50-47(49-45)40-24-14-22-38(31-40)36-20-12-19-35(29-36)37-21-13-23-39(30-37)43-32-51(41-25-8-3-9-26-41)44-28-11-10-27-42(43)44/h1-32H. The van der Waals surface area contributed by atoms with Gasteiger partial charge >= 0.3 is 0 Å². The van der Waals surface area contributed by atoms with Crippen LogP contribution in [0.15, 0.2) is 194 Å². The summed E-state index contributed by atoms with van der Waals surface area (Å²) < 4.78 is 2.28.